The molecule has 1 heterocycles. The lowest BCUT2D eigenvalue weighted by molar-refractivity contribution is 0.563. The van der Waals surface area contributed by atoms with Crippen LogP contribution >= 0.6 is 27.7 Å². The van der Waals surface area contributed by atoms with E-state index in [-0.39, 0.29) is 5.69 Å². The maximum absolute atomic E-state index is 11.1. The number of nitrogens with zero attached hydrogens (tertiary/aromatic N) is 1. The molecule has 0 unspecified atom stereocenters. The molecule has 5 heteroatoms. The maximum Gasteiger partial charge on any atom is 0.345 e. The summed E-state index contributed by atoms with van der Waals surface area (Å²) in [5.41, 5.74) is -0.274. The van der Waals surface area contributed by atoms with Gasteiger partial charge in [0.1, 0.15) is 0 Å². The highest BCUT2D eigenvalue weighted by molar-refractivity contribution is 9.10. The zero-order valence-corrected chi connectivity index (χ0v) is 15.4. The van der Waals surface area contributed by atoms with Crippen molar-refractivity contribution in [1.29, 1.82) is 0 Å². The lowest BCUT2D eigenvalue weighted by atomic mass is 10.1. The molecule has 0 saturated carbocycles. The van der Waals surface area contributed by atoms with E-state index in [1.807, 2.05) is 0 Å². The Morgan fingerprint density at radius 2 is 1.62 bits per heavy atom. The predicted octanol–water partition coefficient (Wildman–Crippen LogP) is 5.55. The van der Waals surface area contributed by atoms with Crippen molar-refractivity contribution in [2.45, 2.75) is 76.2 Å². The molecule has 1 aromatic rings. The van der Waals surface area contributed by atoms with Crippen LogP contribution in [0, 0.1) is 0 Å². The number of unbranched alkanes of at least 4 members (excludes halogenated alkanes) is 9. The fraction of sp³-hybridized carbons (Fsp3) is 0.750. The summed E-state index contributed by atoms with van der Waals surface area (Å²) < 4.78 is 0.874. The summed E-state index contributed by atoms with van der Waals surface area (Å²) in [6.07, 6.45) is 15.1. The molecule has 0 bridgehead atoms. The van der Waals surface area contributed by atoms with Crippen LogP contribution in [0.3, 0.4) is 0 Å². The number of aromatic nitrogens is 2. The first-order chi connectivity index (χ1) is 10.2. The van der Waals surface area contributed by atoms with Crippen LogP contribution in [0.2, 0.25) is 0 Å². The third-order valence-electron chi connectivity index (χ3n) is 3.48. The van der Waals surface area contributed by atoms with Gasteiger partial charge in [0, 0.05) is 6.20 Å². The lowest BCUT2D eigenvalue weighted by Gasteiger charge is -2.04. The molecule has 120 valence electrons. The molecule has 1 aromatic heterocycles. The van der Waals surface area contributed by atoms with Gasteiger partial charge in [0.25, 0.3) is 0 Å². The van der Waals surface area contributed by atoms with Gasteiger partial charge in [-0.1, -0.05) is 64.7 Å². The first-order valence-corrected chi connectivity index (χ1v) is 9.89. The van der Waals surface area contributed by atoms with Crippen LogP contribution in [0.4, 0.5) is 0 Å². The third-order valence-corrected chi connectivity index (χ3v) is 5.44. The van der Waals surface area contributed by atoms with Gasteiger partial charge in [0.15, 0.2) is 0 Å². The smallest absolute Gasteiger partial charge is 0.299 e. The van der Waals surface area contributed by atoms with E-state index >= 15 is 0 Å². The van der Waals surface area contributed by atoms with Gasteiger partial charge in [-0.2, -0.15) is 0 Å². The Labute approximate surface area is 140 Å². The monoisotopic (exact) mass is 374 g/mol. The first kappa shape index (κ1) is 18.8. The van der Waals surface area contributed by atoms with Crippen molar-refractivity contribution in [1.82, 2.24) is 9.97 Å². The van der Waals surface area contributed by atoms with Gasteiger partial charge in [-0.15, -0.1) is 11.8 Å². The molecule has 0 aliphatic carbocycles. The maximum atomic E-state index is 11.1. The van der Waals surface area contributed by atoms with Crippen molar-refractivity contribution in [3.63, 3.8) is 0 Å². The van der Waals surface area contributed by atoms with Gasteiger partial charge < -0.3 is 0 Å². The van der Waals surface area contributed by atoms with Crippen molar-refractivity contribution < 1.29 is 0 Å². The van der Waals surface area contributed by atoms with Crippen LogP contribution < -0.4 is 5.69 Å². The molecular formula is C16H27BrN2OS. The summed E-state index contributed by atoms with van der Waals surface area (Å²) >= 11 is 5.10. The number of aromatic amines is 1. The van der Waals surface area contributed by atoms with Crippen LogP contribution in [0.5, 0.6) is 0 Å². The Balaban J connectivity index is 1.95. The minimum atomic E-state index is -0.274. The summed E-state index contributed by atoms with van der Waals surface area (Å²) in [5, 5.41) is 0.894. The fourth-order valence-electron chi connectivity index (χ4n) is 2.23. The van der Waals surface area contributed by atoms with Crippen molar-refractivity contribution in [3.8, 4) is 0 Å². The van der Waals surface area contributed by atoms with Gasteiger partial charge in [0.05, 0.1) is 9.50 Å². The fourth-order valence-corrected chi connectivity index (χ4v) is 3.68. The number of rotatable bonds is 12. The Kier molecular flexibility index (Phi) is 11.0. The normalized spacial score (nSPS) is 11.0. The minimum Gasteiger partial charge on any atom is -0.299 e. The zero-order valence-electron chi connectivity index (χ0n) is 13.0. The Bertz CT molecular complexity index is 437. The van der Waals surface area contributed by atoms with Crippen molar-refractivity contribution >= 4 is 27.7 Å². The molecule has 0 aromatic carbocycles. The molecule has 0 amide bonds. The van der Waals surface area contributed by atoms with E-state index in [0.29, 0.717) is 0 Å². The van der Waals surface area contributed by atoms with E-state index in [2.05, 4.69) is 32.8 Å². The van der Waals surface area contributed by atoms with E-state index in [1.54, 1.807) is 18.0 Å². The van der Waals surface area contributed by atoms with Gasteiger partial charge in [-0.05, 0) is 28.1 Å². The van der Waals surface area contributed by atoms with E-state index in [0.717, 1.165) is 15.3 Å². The predicted molar refractivity (Wildman–Crippen MR) is 95.1 cm³/mol. The van der Waals surface area contributed by atoms with E-state index in [9.17, 15) is 4.79 Å². The van der Waals surface area contributed by atoms with Crippen LogP contribution in [0.25, 0.3) is 0 Å². The quantitative estimate of drug-likeness (QED) is 0.296. The number of nitrogens with one attached hydrogen (secondary N) is 1. The molecule has 1 rings (SSSR count). The first-order valence-electron chi connectivity index (χ1n) is 8.11. The van der Waals surface area contributed by atoms with Gasteiger partial charge in [-0.25, -0.2) is 9.78 Å². The molecule has 3 nitrogen and oxygen atoms in total. The van der Waals surface area contributed by atoms with Crippen molar-refractivity contribution in [2.75, 3.05) is 5.75 Å². The summed E-state index contributed by atoms with van der Waals surface area (Å²) in [7, 11) is 0. The highest BCUT2D eigenvalue weighted by Crippen LogP contribution is 2.24. The number of hydrogen-bond donors (Lipinski definition) is 1. The minimum absolute atomic E-state index is 0.274. The van der Waals surface area contributed by atoms with Crippen molar-refractivity contribution in [3.05, 3.63) is 21.2 Å². The third kappa shape index (κ3) is 9.35. The summed E-state index contributed by atoms with van der Waals surface area (Å²) in [5.74, 6) is 1.05. The summed E-state index contributed by atoms with van der Waals surface area (Å²) in [4.78, 5) is 17.6. The summed E-state index contributed by atoms with van der Waals surface area (Å²) in [6.45, 7) is 2.26. The molecule has 0 atom stereocenters. The second-order valence-electron chi connectivity index (χ2n) is 5.40. The van der Waals surface area contributed by atoms with Crippen molar-refractivity contribution in [2.24, 2.45) is 0 Å². The molecule has 0 fully saturated rings. The van der Waals surface area contributed by atoms with Crippen LogP contribution in [-0.4, -0.2) is 15.7 Å². The number of halogens is 1. The van der Waals surface area contributed by atoms with Crippen LogP contribution in [0.15, 0.2) is 20.5 Å². The van der Waals surface area contributed by atoms with E-state index in [1.165, 1.54) is 64.2 Å². The average molecular weight is 375 g/mol. The van der Waals surface area contributed by atoms with Gasteiger partial charge in [0.2, 0.25) is 0 Å². The topological polar surface area (TPSA) is 45.8 Å². The molecule has 21 heavy (non-hydrogen) atoms. The molecule has 1 N–H and O–H groups in total. The second-order valence-corrected chi connectivity index (χ2v) is 7.36. The highest BCUT2D eigenvalue weighted by atomic mass is 79.9. The standard InChI is InChI=1S/C16H27BrN2OS/c1-2-3-4-5-6-7-8-9-10-11-12-21-15-14(17)13-18-16(20)19-15/h13H,2-12H2,1H3,(H,18,19,20). The second kappa shape index (κ2) is 12.3. The van der Waals surface area contributed by atoms with Gasteiger partial charge >= 0.3 is 5.69 Å². The molecular weight excluding hydrogens is 348 g/mol. The lowest BCUT2D eigenvalue weighted by Crippen LogP contribution is -2.10. The van der Waals surface area contributed by atoms with Crippen LogP contribution in [0.1, 0.15) is 71.1 Å². The Morgan fingerprint density at radius 1 is 1.05 bits per heavy atom. The summed E-state index contributed by atoms with van der Waals surface area (Å²) in [6, 6.07) is 0. The number of thioether (sulfide) groups is 1. The van der Waals surface area contributed by atoms with E-state index in [4.69, 9.17) is 0 Å². The largest absolute Gasteiger partial charge is 0.345 e. The van der Waals surface area contributed by atoms with Gasteiger partial charge in [-0.3, -0.25) is 4.98 Å². The molecule has 0 aliphatic rings. The van der Waals surface area contributed by atoms with E-state index < -0.39 is 0 Å². The number of H-pyrrole nitrogens is 1. The Morgan fingerprint density at radius 3 is 2.24 bits per heavy atom. The zero-order chi connectivity index (χ0) is 15.3. The Hall–Kier alpha value is -0.290. The van der Waals surface area contributed by atoms with Crippen LogP contribution in [-0.2, 0) is 0 Å². The molecule has 0 saturated heterocycles. The molecule has 0 radical (unpaired) electrons. The average Bonchev–Trinajstić information content (AvgIpc) is 2.48. The molecule has 0 aliphatic heterocycles. The highest BCUT2D eigenvalue weighted by Gasteiger charge is 2.02. The SMILES string of the molecule is CCCCCCCCCCCCSc1[nH]c(=O)ncc1Br. The number of hydrogen-bond acceptors (Lipinski definition) is 3. The molecule has 0 spiro atoms.